The second kappa shape index (κ2) is 11.2. The van der Waals surface area contributed by atoms with E-state index in [9.17, 15) is 18.8 Å². The van der Waals surface area contributed by atoms with Crippen LogP contribution in [0.1, 0.15) is 28.8 Å². The molecule has 2 aromatic carbocycles. The molecule has 0 saturated carbocycles. The molecule has 2 aliphatic heterocycles. The van der Waals surface area contributed by atoms with Crippen molar-refractivity contribution in [2.24, 2.45) is 5.92 Å². The van der Waals surface area contributed by atoms with Gasteiger partial charge in [0.2, 0.25) is 11.8 Å². The number of piperidine rings is 1. The first-order valence-electron chi connectivity index (χ1n) is 11.8. The Balaban J connectivity index is 1.42. The average Bonchev–Trinajstić information content (AvgIpc) is 2.88. The molecular formula is C26H30FN3O4. The minimum Gasteiger partial charge on any atom is -0.378 e. The first-order chi connectivity index (χ1) is 16.5. The van der Waals surface area contributed by atoms with E-state index >= 15 is 0 Å². The molecule has 1 atom stereocenters. The molecule has 0 aliphatic carbocycles. The van der Waals surface area contributed by atoms with E-state index in [1.807, 2.05) is 35.2 Å². The molecule has 1 N–H and O–H groups in total. The predicted octanol–water partition coefficient (Wildman–Crippen LogP) is 2.26. The van der Waals surface area contributed by atoms with Gasteiger partial charge in [-0.25, -0.2) is 4.39 Å². The van der Waals surface area contributed by atoms with E-state index in [0.717, 1.165) is 5.56 Å². The van der Waals surface area contributed by atoms with Gasteiger partial charge in [-0.05, 0) is 48.6 Å². The lowest BCUT2D eigenvalue weighted by Gasteiger charge is -2.38. The second-order valence-corrected chi connectivity index (χ2v) is 8.78. The molecule has 2 heterocycles. The maximum atomic E-state index is 13.4. The van der Waals surface area contributed by atoms with Gasteiger partial charge in [0.1, 0.15) is 11.9 Å². The van der Waals surface area contributed by atoms with Crippen molar-refractivity contribution in [2.45, 2.75) is 25.3 Å². The van der Waals surface area contributed by atoms with Gasteiger partial charge in [0.25, 0.3) is 5.91 Å². The smallest absolute Gasteiger partial charge is 0.251 e. The standard InChI is InChI=1S/C26H30FN3O4/c27-22-8-6-21(7-9-22)25(32)28-24(26(33)30-14-16-34-17-15-30)20-10-12-29(13-11-20)23(31)18-19-4-2-1-3-5-19/h1-9,20,24H,10-18H2,(H,28,32)/t24-/m0/s1. The van der Waals surface area contributed by atoms with Gasteiger partial charge in [-0.2, -0.15) is 0 Å². The van der Waals surface area contributed by atoms with Gasteiger partial charge in [0, 0.05) is 31.7 Å². The summed E-state index contributed by atoms with van der Waals surface area (Å²) >= 11 is 0. The SMILES string of the molecule is O=C(N[C@H](C(=O)N1CCOCC1)C1CCN(C(=O)Cc2ccccc2)CC1)c1ccc(F)cc1. The molecule has 180 valence electrons. The monoisotopic (exact) mass is 467 g/mol. The zero-order chi connectivity index (χ0) is 23.9. The third-order valence-corrected chi connectivity index (χ3v) is 6.54. The van der Waals surface area contributed by atoms with E-state index < -0.39 is 17.8 Å². The molecule has 0 unspecified atom stereocenters. The molecule has 0 radical (unpaired) electrons. The summed E-state index contributed by atoms with van der Waals surface area (Å²) in [6, 6.07) is 14.2. The first-order valence-corrected chi connectivity index (χ1v) is 11.8. The molecule has 2 aliphatic rings. The Hall–Kier alpha value is -3.26. The zero-order valence-electron chi connectivity index (χ0n) is 19.1. The third-order valence-electron chi connectivity index (χ3n) is 6.54. The summed E-state index contributed by atoms with van der Waals surface area (Å²) in [6.45, 7) is 2.98. The van der Waals surface area contributed by atoms with E-state index in [0.29, 0.717) is 64.2 Å². The van der Waals surface area contributed by atoms with Crippen LogP contribution >= 0.6 is 0 Å². The van der Waals surface area contributed by atoms with Crippen LogP contribution in [-0.2, 0) is 20.7 Å². The Bertz CT molecular complexity index is 985. The minimum atomic E-state index is -0.706. The number of carbonyl (C=O) groups excluding carboxylic acids is 3. The molecule has 0 aromatic heterocycles. The van der Waals surface area contributed by atoms with Crippen molar-refractivity contribution >= 4 is 17.7 Å². The van der Waals surface area contributed by atoms with Crippen LogP contribution in [0.25, 0.3) is 0 Å². The quantitative estimate of drug-likeness (QED) is 0.707. The molecule has 7 nitrogen and oxygen atoms in total. The maximum absolute atomic E-state index is 13.4. The van der Waals surface area contributed by atoms with Crippen LogP contribution in [-0.4, -0.2) is 73.0 Å². The molecule has 2 aromatic rings. The van der Waals surface area contributed by atoms with E-state index in [2.05, 4.69) is 5.32 Å². The van der Waals surface area contributed by atoms with Gasteiger partial charge in [-0.1, -0.05) is 30.3 Å². The summed E-state index contributed by atoms with van der Waals surface area (Å²) in [5, 5.41) is 2.91. The summed E-state index contributed by atoms with van der Waals surface area (Å²) < 4.78 is 18.6. The molecule has 4 rings (SSSR count). The fourth-order valence-electron chi connectivity index (χ4n) is 4.55. The van der Waals surface area contributed by atoms with Crippen LogP contribution in [0.3, 0.4) is 0 Å². The summed E-state index contributed by atoms with van der Waals surface area (Å²) in [7, 11) is 0. The lowest BCUT2D eigenvalue weighted by atomic mass is 9.87. The summed E-state index contributed by atoms with van der Waals surface area (Å²) in [4.78, 5) is 42.6. The van der Waals surface area contributed by atoms with Crippen molar-refractivity contribution in [1.29, 1.82) is 0 Å². The molecule has 34 heavy (non-hydrogen) atoms. The van der Waals surface area contributed by atoms with E-state index in [4.69, 9.17) is 4.74 Å². The summed E-state index contributed by atoms with van der Waals surface area (Å²) in [6.07, 6.45) is 1.58. The zero-order valence-corrected chi connectivity index (χ0v) is 19.1. The lowest BCUT2D eigenvalue weighted by molar-refractivity contribution is -0.139. The summed E-state index contributed by atoms with van der Waals surface area (Å²) in [5.74, 6) is -0.997. The number of amides is 3. The van der Waals surface area contributed by atoms with E-state index in [-0.39, 0.29) is 17.7 Å². The van der Waals surface area contributed by atoms with E-state index in [1.54, 1.807) is 4.90 Å². The molecule has 2 saturated heterocycles. The van der Waals surface area contributed by atoms with Crippen molar-refractivity contribution in [2.75, 3.05) is 39.4 Å². The number of carbonyl (C=O) groups is 3. The first kappa shape index (κ1) is 23.9. The molecule has 3 amide bonds. The maximum Gasteiger partial charge on any atom is 0.251 e. The van der Waals surface area contributed by atoms with Crippen LogP contribution in [0.15, 0.2) is 54.6 Å². The Kier molecular flexibility index (Phi) is 7.90. The number of rotatable bonds is 6. The van der Waals surface area contributed by atoms with Gasteiger partial charge >= 0.3 is 0 Å². The fourth-order valence-corrected chi connectivity index (χ4v) is 4.55. The van der Waals surface area contributed by atoms with Crippen LogP contribution in [0.5, 0.6) is 0 Å². The minimum absolute atomic E-state index is 0.0658. The largest absolute Gasteiger partial charge is 0.378 e. The highest BCUT2D eigenvalue weighted by Crippen LogP contribution is 2.24. The lowest BCUT2D eigenvalue weighted by Crippen LogP contribution is -2.56. The normalized spacial score (nSPS) is 17.8. The van der Waals surface area contributed by atoms with Gasteiger partial charge < -0.3 is 19.9 Å². The van der Waals surface area contributed by atoms with Gasteiger partial charge in [0.05, 0.1) is 19.6 Å². The molecule has 0 spiro atoms. The Morgan fingerprint density at radius 3 is 2.21 bits per heavy atom. The Morgan fingerprint density at radius 1 is 0.912 bits per heavy atom. The molecule has 8 heteroatoms. The van der Waals surface area contributed by atoms with Crippen LogP contribution in [0, 0.1) is 11.7 Å². The highest BCUT2D eigenvalue weighted by molar-refractivity contribution is 5.97. The van der Waals surface area contributed by atoms with Crippen LogP contribution in [0.4, 0.5) is 4.39 Å². The topological polar surface area (TPSA) is 79.0 Å². The van der Waals surface area contributed by atoms with Gasteiger partial charge in [0.15, 0.2) is 0 Å². The van der Waals surface area contributed by atoms with E-state index in [1.165, 1.54) is 24.3 Å². The highest BCUT2D eigenvalue weighted by Gasteiger charge is 2.36. The Labute approximate surface area is 198 Å². The fraction of sp³-hybridized carbons (Fsp3) is 0.423. The second-order valence-electron chi connectivity index (χ2n) is 8.78. The number of nitrogens with one attached hydrogen (secondary N) is 1. The van der Waals surface area contributed by atoms with Crippen molar-refractivity contribution in [3.05, 3.63) is 71.5 Å². The number of benzene rings is 2. The van der Waals surface area contributed by atoms with Gasteiger partial charge in [-0.15, -0.1) is 0 Å². The average molecular weight is 468 g/mol. The number of likely N-dealkylation sites (tertiary alicyclic amines) is 1. The number of hydrogen-bond acceptors (Lipinski definition) is 4. The molecule has 0 bridgehead atoms. The van der Waals surface area contributed by atoms with Crippen LogP contribution in [0.2, 0.25) is 0 Å². The molecular weight excluding hydrogens is 437 g/mol. The Morgan fingerprint density at radius 2 is 1.56 bits per heavy atom. The predicted molar refractivity (Wildman–Crippen MR) is 125 cm³/mol. The number of nitrogens with zero attached hydrogens (tertiary/aromatic N) is 2. The van der Waals surface area contributed by atoms with Crippen molar-refractivity contribution in [1.82, 2.24) is 15.1 Å². The number of morpholine rings is 1. The van der Waals surface area contributed by atoms with Crippen molar-refractivity contribution in [3.8, 4) is 0 Å². The third kappa shape index (κ3) is 5.99. The number of hydrogen-bond donors (Lipinski definition) is 1. The van der Waals surface area contributed by atoms with Gasteiger partial charge in [-0.3, -0.25) is 14.4 Å². The number of ether oxygens (including phenoxy) is 1. The van der Waals surface area contributed by atoms with Crippen LogP contribution < -0.4 is 5.32 Å². The van der Waals surface area contributed by atoms with Crippen molar-refractivity contribution in [3.63, 3.8) is 0 Å². The summed E-state index contributed by atoms with van der Waals surface area (Å²) in [5.41, 5.74) is 1.28. The highest BCUT2D eigenvalue weighted by atomic mass is 19.1. The number of halogens is 1. The van der Waals surface area contributed by atoms with Crippen molar-refractivity contribution < 1.29 is 23.5 Å². The molecule has 2 fully saturated rings.